The van der Waals surface area contributed by atoms with Gasteiger partial charge in [-0.3, -0.25) is 0 Å². The molecule has 0 atom stereocenters. The van der Waals surface area contributed by atoms with E-state index >= 15 is 0 Å². The molecule has 104 valence electrons. The maximum atomic E-state index is 5.12. The zero-order chi connectivity index (χ0) is 14.4. The van der Waals surface area contributed by atoms with Crippen LogP contribution in [-0.4, -0.2) is 12.3 Å². The molecular weight excluding hydrogens is 266 g/mol. The van der Waals surface area contributed by atoms with Crippen LogP contribution in [-0.2, 0) is 11.3 Å². The molecule has 0 bridgehead atoms. The average Bonchev–Trinajstić information content (AvgIpc) is 2.97. The van der Waals surface area contributed by atoms with Gasteiger partial charge in [-0.05, 0) is 36.6 Å². The summed E-state index contributed by atoms with van der Waals surface area (Å²) in [5.74, 6) is 0. The van der Waals surface area contributed by atoms with Crippen LogP contribution in [0.25, 0.3) is 10.4 Å². The van der Waals surface area contributed by atoms with Crippen LogP contribution in [0.5, 0.6) is 0 Å². The first-order valence-electron chi connectivity index (χ1n) is 6.71. The van der Waals surface area contributed by atoms with E-state index in [2.05, 4.69) is 55.1 Å². The lowest BCUT2D eigenvalue weighted by Gasteiger charge is -2.00. The van der Waals surface area contributed by atoms with E-state index in [1.807, 2.05) is 6.92 Å². The molecule has 20 heavy (non-hydrogen) atoms. The summed E-state index contributed by atoms with van der Waals surface area (Å²) >= 11 is 1.73. The Morgan fingerprint density at radius 2 is 2.00 bits per heavy atom. The van der Waals surface area contributed by atoms with Crippen molar-refractivity contribution in [1.82, 2.24) is 0 Å². The van der Waals surface area contributed by atoms with Crippen molar-refractivity contribution in [3.63, 3.8) is 0 Å². The lowest BCUT2D eigenvalue weighted by molar-refractivity contribution is 0.175. The molecule has 0 saturated heterocycles. The lowest BCUT2D eigenvalue weighted by Crippen LogP contribution is -1.92. The Hall–Kier alpha value is -1.87. The van der Waals surface area contributed by atoms with Crippen molar-refractivity contribution in [1.29, 1.82) is 0 Å². The molecule has 1 aromatic carbocycles. The summed E-state index contributed by atoms with van der Waals surface area (Å²) in [7, 11) is 0. The summed E-state index contributed by atoms with van der Waals surface area (Å²) in [4.78, 5) is 7.50. The van der Waals surface area contributed by atoms with E-state index in [1.165, 1.54) is 16.0 Å². The smallest absolute Gasteiger partial charge is 0.135 e. The predicted molar refractivity (Wildman–Crippen MR) is 87.5 cm³/mol. The van der Waals surface area contributed by atoms with Crippen LogP contribution in [0.1, 0.15) is 24.3 Å². The van der Waals surface area contributed by atoms with Crippen LogP contribution in [0, 0.1) is 0 Å². The zero-order valence-corrected chi connectivity index (χ0v) is 12.7. The Labute approximate surface area is 124 Å². The van der Waals surface area contributed by atoms with E-state index in [9.17, 15) is 0 Å². The minimum absolute atomic E-state index is 0.439. The molecular formula is C17H19NOS. The molecule has 2 aromatic rings. The van der Waals surface area contributed by atoms with E-state index in [4.69, 9.17) is 4.84 Å². The maximum absolute atomic E-state index is 5.12. The van der Waals surface area contributed by atoms with Crippen molar-refractivity contribution in [3.8, 4) is 10.4 Å². The Kier molecular flexibility index (Phi) is 5.13. The molecule has 0 fully saturated rings. The van der Waals surface area contributed by atoms with Crippen LogP contribution >= 0.6 is 11.3 Å². The van der Waals surface area contributed by atoms with Crippen molar-refractivity contribution < 1.29 is 4.84 Å². The van der Waals surface area contributed by atoms with Crippen molar-refractivity contribution >= 4 is 17.0 Å². The molecule has 0 aliphatic heterocycles. The largest absolute Gasteiger partial charge is 0.391 e. The minimum Gasteiger partial charge on any atom is -0.391 e. The van der Waals surface area contributed by atoms with Crippen LogP contribution in [0.3, 0.4) is 0 Å². The molecule has 1 heterocycles. The van der Waals surface area contributed by atoms with Gasteiger partial charge < -0.3 is 4.84 Å². The molecule has 0 amide bonds. The van der Waals surface area contributed by atoms with Gasteiger partial charge in [0.25, 0.3) is 0 Å². The molecule has 0 saturated carbocycles. The number of hydrogen-bond acceptors (Lipinski definition) is 3. The first kappa shape index (κ1) is 14.5. The molecule has 0 aliphatic carbocycles. The molecule has 1 aromatic heterocycles. The summed E-state index contributed by atoms with van der Waals surface area (Å²) < 4.78 is 0. The van der Waals surface area contributed by atoms with Crippen molar-refractivity contribution in [2.45, 2.75) is 20.3 Å². The van der Waals surface area contributed by atoms with Gasteiger partial charge in [-0.25, -0.2) is 0 Å². The first-order valence-corrected chi connectivity index (χ1v) is 7.53. The van der Waals surface area contributed by atoms with Crippen LogP contribution < -0.4 is 0 Å². The van der Waals surface area contributed by atoms with E-state index in [-0.39, 0.29) is 0 Å². The summed E-state index contributed by atoms with van der Waals surface area (Å²) in [5, 5.41) is 4.07. The molecule has 2 nitrogen and oxygen atoms in total. The third-order valence-corrected chi connectivity index (χ3v) is 4.25. The highest BCUT2D eigenvalue weighted by molar-refractivity contribution is 7.17. The Balaban J connectivity index is 2.15. The topological polar surface area (TPSA) is 21.6 Å². The maximum Gasteiger partial charge on any atom is 0.135 e. The molecule has 0 N–H and O–H groups in total. The van der Waals surface area contributed by atoms with Crippen molar-refractivity contribution in [2.75, 3.05) is 6.61 Å². The Bertz CT molecular complexity index is 596. The Morgan fingerprint density at radius 3 is 2.65 bits per heavy atom. The van der Waals surface area contributed by atoms with Crippen LogP contribution in [0.2, 0.25) is 0 Å². The summed E-state index contributed by atoms with van der Waals surface area (Å²) in [5.41, 5.74) is 3.51. The van der Waals surface area contributed by atoms with Crippen LogP contribution in [0.4, 0.5) is 0 Å². The van der Waals surface area contributed by atoms with Gasteiger partial charge in [0.05, 0.1) is 10.6 Å². The normalized spacial score (nSPS) is 11.4. The fraction of sp³-hybridized carbons (Fsp3) is 0.235. The average molecular weight is 285 g/mol. The standard InChI is InChI=1S/C17H19NOS/c1-4-12-19-18-13(3)16-10-11-17(20-16)15-8-6-14(5-2)7-9-15/h4,6-11H,1,5,12H2,2-3H3/b18-13+. The van der Waals surface area contributed by atoms with E-state index in [0.29, 0.717) is 6.61 Å². The van der Waals surface area contributed by atoms with Gasteiger partial charge in [0.1, 0.15) is 6.61 Å². The number of nitrogens with zero attached hydrogens (tertiary/aromatic N) is 1. The summed E-state index contributed by atoms with van der Waals surface area (Å²) in [6.45, 7) is 8.16. The van der Waals surface area contributed by atoms with E-state index in [1.54, 1.807) is 17.4 Å². The third kappa shape index (κ3) is 3.58. The van der Waals surface area contributed by atoms with Gasteiger partial charge in [-0.15, -0.1) is 11.3 Å². The Morgan fingerprint density at radius 1 is 1.25 bits per heavy atom. The third-order valence-electron chi connectivity index (χ3n) is 3.00. The van der Waals surface area contributed by atoms with Crippen molar-refractivity contribution in [3.05, 3.63) is 59.5 Å². The second kappa shape index (κ2) is 7.06. The van der Waals surface area contributed by atoms with Gasteiger partial charge in [0.15, 0.2) is 0 Å². The second-order valence-corrected chi connectivity index (χ2v) is 5.56. The molecule has 0 aliphatic rings. The molecule has 0 unspecified atom stereocenters. The van der Waals surface area contributed by atoms with Crippen LogP contribution in [0.15, 0.2) is 54.2 Å². The monoisotopic (exact) mass is 285 g/mol. The van der Waals surface area contributed by atoms with Gasteiger partial charge in [0.2, 0.25) is 0 Å². The number of hydrogen-bond donors (Lipinski definition) is 0. The number of rotatable bonds is 6. The highest BCUT2D eigenvalue weighted by atomic mass is 32.1. The number of aryl methyl sites for hydroxylation is 1. The fourth-order valence-corrected chi connectivity index (χ4v) is 2.77. The SMILES string of the molecule is C=CCO/N=C(\C)c1ccc(-c2ccc(CC)cc2)s1. The predicted octanol–water partition coefficient (Wildman–Crippen LogP) is 4.90. The van der Waals surface area contributed by atoms with Gasteiger partial charge in [0, 0.05) is 4.88 Å². The fourth-order valence-electron chi connectivity index (χ4n) is 1.82. The lowest BCUT2D eigenvalue weighted by atomic mass is 10.1. The number of benzene rings is 1. The number of oxime groups is 1. The molecule has 0 radical (unpaired) electrons. The first-order chi connectivity index (χ1) is 9.74. The zero-order valence-electron chi connectivity index (χ0n) is 11.9. The second-order valence-electron chi connectivity index (χ2n) is 4.48. The van der Waals surface area contributed by atoms with Crippen molar-refractivity contribution in [2.24, 2.45) is 5.16 Å². The van der Waals surface area contributed by atoms with Gasteiger partial charge in [-0.2, -0.15) is 0 Å². The quantitative estimate of drug-likeness (QED) is 0.320. The highest BCUT2D eigenvalue weighted by Crippen LogP contribution is 2.28. The van der Waals surface area contributed by atoms with Gasteiger partial charge >= 0.3 is 0 Å². The highest BCUT2D eigenvalue weighted by Gasteiger charge is 2.05. The molecule has 3 heteroatoms. The molecule has 0 spiro atoms. The number of thiophene rings is 1. The minimum atomic E-state index is 0.439. The summed E-state index contributed by atoms with van der Waals surface area (Å²) in [6.07, 6.45) is 2.76. The van der Waals surface area contributed by atoms with E-state index in [0.717, 1.165) is 17.0 Å². The summed E-state index contributed by atoms with van der Waals surface area (Å²) in [6, 6.07) is 12.9. The van der Waals surface area contributed by atoms with E-state index < -0.39 is 0 Å². The molecule has 2 rings (SSSR count). The van der Waals surface area contributed by atoms with Gasteiger partial charge in [-0.1, -0.05) is 49.0 Å².